The van der Waals surface area contributed by atoms with Crippen LogP contribution in [-0.2, 0) is 4.79 Å². The molecule has 0 saturated heterocycles. The summed E-state index contributed by atoms with van der Waals surface area (Å²) in [5, 5.41) is 24.7. The fraction of sp³-hybridized carbons (Fsp3) is 0.833. The highest BCUT2D eigenvalue weighted by atomic mass is 32.2. The molecule has 0 aromatic carbocycles. The van der Waals surface area contributed by atoms with Crippen LogP contribution in [0, 0.1) is 0 Å². The lowest BCUT2D eigenvalue weighted by Crippen LogP contribution is -2.36. The van der Waals surface area contributed by atoms with Crippen molar-refractivity contribution in [2.45, 2.75) is 56.3 Å². The largest absolute Gasteiger partial charge is 0.480 e. The molecule has 112 valence electrons. The Balaban J connectivity index is 1.84. The maximum atomic E-state index is 11.0. The Morgan fingerprint density at radius 2 is 2.30 bits per heavy atom. The summed E-state index contributed by atoms with van der Waals surface area (Å²) < 4.78 is 1.90. The number of carbonyl (C=O) groups is 1. The molecule has 0 aliphatic heterocycles. The minimum absolute atomic E-state index is 0.413. The van der Waals surface area contributed by atoms with E-state index in [0.29, 0.717) is 24.8 Å². The molecule has 8 heteroatoms. The minimum atomic E-state index is -0.803. The molecular weight excluding hydrogens is 278 g/mol. The van der Waals surface area contributed by atoms with Crippen molar-refractivity contribution in [2.24, 2.45) is 0 Å². The smallest absolute Gasteiger partial charge is 0.320 e. The van der Waals surface area contributed by atoms with Crippen molar-refractivity contribution < 1.29 is 9.90 Å². The molecule has 1 unspecified atom stereocenters. The second-order valence-corrected chi connectivity index (χ2v) is 5.99. The van der Waals surface area contributed by atoms with Crippen LogP contribution in [0.25, 0.3) is 0 Å². The van der Waals surface area contributed by atoms with Gasteiger partial charge in [0.05, 0.1) is 6.04 Å². The summed E-state index contributed by atoms with van der Waals surface area (Å²) in [6.45, 7) is 2.56. The zero-order valence-electron chi connectivity index (χ0n) is 11.7. The number of nitrogens with zero attached hydrogens (tertiary/aromatic N) is 4. The second-order valence-electron chi connectivity index (χ2n) is 4.93. The first-order valence-corrected chi connectivity index (χ1v) is 8.07. The Morgan fingerprint density at radius 3 is 2.95 bits per heavy atom. The third kappa shape index (κ3) is 3.92. The van der Waals surface area contributed by atoms with Crippen LogP contribution in [0.4, 0.5) is 0 Å². The Labute approximate surface area is 122 Å². The molecule has 1 aromatic heterocycles. The zero-order valence-corrected chi connectivity index (χ0v) is 12.5. The van der Waals surface area contributed by atoms with E-state index in [1.165, 1.54) is 24.6 Å². The summed E-state index contributed by atoms with van der Waals surface area (Å²) in [5.74, 6) is -0.111. The number of rotatable bonds is 8. The van der Waals surface area contributed by atoms with Gasteiger partial charge in [-0.3, -0.25) is 4.79 Å². The second kappa shape index (κ2) is 7.58. The van der Waals surface area contributed by atoms with Gasteiger partial charge in [0.2, 0.25) is 5.16 Å². The normalized spacial score (nSPS) is 17.4. The van der Waals surface area contributed by atoms with Crippen LogP contribution < -0.4 is 5.32 Å². The highest BCUT2D eigenvalue weighted by Crippen LogP contribution is 2.31. The Hall–Kier alpha value is -1.15. The van der Waals surface area contributed by atoms with Gasteiger partial charge in [0.1, 0.15) is 6.04 Å². The zero-order chi connectivity index (χ0) is 14.4. The average molecular weight is 299 g/mol. The van der Waals surface area contributed by atoms with Crippen molar-refractivity contribution in [2.75, 3.05) is 12.3 Å². The maximum Gasteiger partial charge on any atom is 0.320 e. The van der Waals surface area contributed by atoms with E-state index in [1.807, 2.05) is 11.6 Å². The van der Waals surface area contributed by atoms with E-state index in [0.717, 1.165) is 18.0 Å². The molecule has 1 atom stereocenters. The van der Waals surface area contributed by atoms with Crippen LogP contribution >= 0.6 is 11.8 Å². The van der Waals surface area contributed by atoms with Gasteiger partial charge in [-0.25, -0.2) is 4.68 Å². The first-order chi connectivity index (χ1) is 9.72. The molecule has 0 bridgehead atoms. The van der Waals surface area contributed by atoms with Gasteiger partial charge in [0.25, 0.3) is 0 Å². The summed E-state index contributed by atoms with van der Waals surface area (Å²) in [7, 11) is 0. The molecule has 1 heterocycles. The fourth-order valence-corrected chi connectivity index (χ4v) is 3.43. The number of thioether (sulfide) groups is 1. The van der Waals surface area contributed by atoms with Gasteiger partial charge in [-0.2, -0.15) is 0 Å². The van der Waals surface area contributed by atoms with Gasteiger partial charge in [0.15, 0.2) is 0 Å². The van der Waals surface area contributed by atoms with E-state index < -0.39 is 12.0 Å². The van der Waals surface area contributed by atoms with Crippen molar-refractivity contribution in [3.05, 3.63) is 0 Å². The van der Waals surface area contributed by atoms with Crippen molar-refractivity contribution in [3.8, 4) is 0 Å². The predicted octanol–water partition coefficient (Wildman–Crippen LogP) is 1.33. The molecule has 2 rings (SSSR count). The van der Waals surface area contributed by atoms with Gasteiger partial charge in [-0.05, 0) is 36.2 Å². The molecule has 1 saturated carbocycles. The first-order valence-electron chi connectivity index (χ1n) is 7.09. The maximum absolute atomic E-state index is 11.0. The molecule has 0 amide bonds. The van der Waals surface area contributed by atoms with E-state index in [9.17, 15) is 4.79 Å². The number of likely N-dealkylation sites (N-methyl/N-ethyl adjacent to an activating group) is 1. The van der Waals surface area contributed by atoms with Crippen molar-refractivity contribution in [1.29, 1.82) is 0 Å². The molecule has 0 radical (unpaired) electrons. The van der Waals surface area contributed by atoms with Gasteiger partial charge in [-0.15, -0.1) is 5.10 Å². The number of carboxylic acid groups (broad SMARTS) is 1. The number of carboxylic acids is 1. The van der Waals surface area contributed by atoms with Gasteiger partial charge in [-0.1, -0.05) is 31.5 Å². The van der Waals surface area contributed by atoms with E-state index >= 15 is 0 Å². The van der Waals surface area contributed by atoms with Crippen molar-refractivity contribution in [3.63, 3.8) is 0 Å². The summed E-state index contributed by atoms with van der Waals surface area (Å²) in [6, 6.07) is -0.0835. The number of tetrazole rings is 1. The third-order valence-corrected chi connectivity index (χ3v) is 4.49. The average Bonchev–Trinajstić information content (AvgIpc) is 3.07. The third-order valence-electron chi connectivity index (χ3n) is 3.52. The van der Waals surface area contributed by atoms with E-state index in [2.05, 4.69) is 20.8 Å². The lowest BCUT2D eigenvalue weighted by atomic mass is 10.2. The lowest BCUT2D eigenvalue weighted by molar-refractivity contribution is -0.139. The minimum Gasteiger partial charge on any atom is -0.480 e. The van der Waals surface area contributed by atoms with Gasteiger partial charge < -0.3 is 10.4 Å². The van der Waals surface area contributed by atoms with E-state index in [4.69, 9.17) is 5.11 Å². The Bertz CT molecular complexity index is 433. The standard InChI is InChI=1S/C12H21N5O2S/c1-2-13-10(11(18)19)7-8-20-12-14-15-16-17(12)9-5-3-4-6-9/h9-10,13H,2-8H2,1H3,(H,18,19). The van der Waals surface area contributed by atoms with Crippen LogP contribution in [-0.4, -0.2) is 49.6 Å². The Morgan fingerprint density at radius 1 is 1.55 bits per heavy atom. The summed E-state index contributed by atoms with van der Waals surface area (Å²) >= 11 is 1.54. The molecule has 1 aromatic rings. The number of aromatic nitrogens is 4. The molecular formula is C12H21N5O2S. The number of aliphatic carboxylic acids is 1. The number of hydrogen-bond donors (Lipinski definition) is 2. The van der Waals surface area contributed by atoms with Gasteiger partial charge >= 0.3 is 5.97 Å². The van der Waals surface area contributed by atoms with E-state index in [-0.39, 0.29) is 0 Å². The predicted molar refractivity (Wildman–Crippen MR) is 75.8 cm³/mol. The van der Waals surface area contributed by atoms with Crippen molar-refractivity contribution >= 4 is 17.7 Å². The highest BCUT2D eigenvalue weighted by molar-refractivity contribution is 7.99. The van der Waals surface area contributed by atoms with Crippen LogP contribution in [0.1, 0.15) is 45.1 Å². The van der Waals surface area contributed by atoms with Gasteiger partial charge in [0, 0.05) is 5.75 Å². The first kappa shape index (κ1) is 15.2. The van der Waals surface area contributed by atoms with Crippen LogP contribution in [0.2, 0.25) is 0 Å². The summed E-state index contributed by atoms with van der Waals surface area (Å²) in [6.07, 6.45) is 5.29. The molecule has 0 spiro atoms. The van der Waals surface area contributed by atoms with Crippen molar-refractivity contribution in [1.82, 2.24) is 25.5 Å². The van der Waals surface area contributed by atoms with Crippen LogP contribution in [0.3, 0.4) is 0 Å². The fourth-order valence-electron chi connectivity index (χ4n) is 2.49. The summed E-state index contributed by atoms with van der Waals surface area (Å²) in [5.41, 5.74) is 0. The highest BCUT2D eigenvalue weighted by Gasteiger charge is 2.22. The molecule has 1 fully saturated rings. The summed E-state index contributed by atoms with van der Waals surface area (Å²) in [4.78, 5) is 11.0. The monoisotopic (exact) mass is 299 g/mol. The van der Waals surface area contributed by atoms with Crippen LogP contribution in [0.15, 0.2) is 5.16 Å². The molecule has 1 aliphatic carbocycles. The quantitative estimate of drug-likeness (QED) is 0.699. The number of hydrogen-bond acceptors (Lipinski definition) is 6. The molecule has 1 aliphatic rings. The Kier molecular flexibility index (Phi) is 5.78. The van der Waals surface area contributed by atoms with Crippen LogP contribution in [0.5, 0.6) is 0 Å². The molecule has 20 heavy (non-hydrogen) atoms. The molecule has 7 nitrogen and oxygen atoms in total. The topological polar surface area (TPSA) is 92.9 Å². The van der Waals surface area contributed by atoms with E-state index in [1.54, 1.807) is 0 Å². The number of nitrogens with one attached hydrogen (secondary N) is 1. The molecule has 2 N–H and O–H groups in total. The lowest BCUT2D eigenvalue weighted by Gasteiger charge is -2.13. The SMILES string of the molecule is CCNC(CCSc1nnnn1C1CCCC1)C(=O)O.